The fourth-order valence-corrected chi connectivity index (χ4v) is 5.50. The zero-order valence-corrected chi connectivity index (χ0v) is 22.2. The van der Waals surface area contributed by atoms with Crippen molar-refractivity contribution < 1.29 is 18.3 Å². The number of rotatable bonds is 21. The van der Waals surface area contributed by atoms with Crippen LogP contribution in [0.25, 0.3) is 0 Å². The topological polar surface area (TPSA) is 44.8 Å². The summed E-state index contributed by atoms with van der Waals surface area (Å²) in [7, 11) is -3.19. The van der Waals surface area contributed by atoms with Gasteiger partial charge < -0.3 is 9.26 Å². The summed E-state index contributed by atoms with van der Waals surface area (Å²) >= 11 is 0. The maximum atomic E-state index is 13.4. The Labute approximate surface area is 198 Å². The number of unbranched alkanes of at least 4 members (excludes halogenated alkanes) is 12. The minimum Gasteiger partial charge on any atom is -0.487 e. The molecule has 0 aromatic heterocycles. The number of hydrogen-bond acceptors (Lipinski definition) is 4. The summed E-state index contributed by atoms with van der Waals surface area (Å²) in [6, 6.07) is 7.43. The molecule has 32 heavy (non-hydrogen) atoms. The van der Waals surface area contributed by atoms with Gasteiger partial charge in [-0.1, -0.05) is 103 Å². The second kappa shape index (κ2) is 18.4. The van der Waals surface area contributed by atoms with Crippen LogP contribution in [0.2, 0.25) is 0 Å². The minimum atomic E-state index is -3.19. The summed E-state index contributed by atoms with van der Waals surface area (Å²) in [4.78, 5) is 0. The van der Waals surface area contributed by atoms with Gasteiger partial charge in [-0.3, -0.25) is 4.52 Å². The Bertz CT molecular complexity index is 617. The van der Waals surface area contributed by atoms with E-state index in [-0.39, 0.29) is 6.10 Å². The Morgan fingerprint density at radius 2 is 1.22 bits per heavy atom. The number of ether oxygens (including phenoxy) is 1. The highest BCUT2D eigenvalue weighted by molar-refractivity contribution is 7.54. The molecule has 0 N–H and O–H groups in total. The molecule has 186 valence electrons. The van der Waals surface area contributed by atoms with Gasteiger partial charge in [0.25, 0.3) is 0 Å². The van der Waals surface area contributed by atoms with E-state index in [1.54, 1.807) is 0 Å². The molecule has 0 bridgehead atoms. The van der Waals surface area contributed by atoms with Gasteiger partial charge in [0, 0.05) is 0 Å². The second-order valence-corrected chi connectivity index (χ2v) is 11.2. The SMILES string of the molecule is CCCCCCCCCCCCCCOP(=O)(CCCC)Oc1ccccc1OC(C)C. The Balaban J connectivity index is 2.30. The molecule has 1 aromatic carbocycles. The minimum absolute atomic E-state index is 0.0248. The van der Waals surface area contributed by atoms with Gasteiger partial charge in [0.1, 0.15) is 0 Å². The van der Waals surface area contributed by atoms with Gasteiger partial charge in [-0.25, -0.2) is 4.57 Å². The van der Waals surface area contributed by atoms with Crippen molar-refractivity contribution in [2.24, 2.45) is 0 Å². The number of para-hydroxylation sites is 2. The van der Waals surface area contributed by atoms with Gasteiger partial charge in [-0.05, 0) is 38.8 Å². The van der Waals surface area contributed by atoms with Gasteiger partial charge in [0.2, 0.25) is 0 Å². The molecule has 0 saturated carbocycles. The molecular formula is C27H49O4P. The molecule has 1 aromatic rings. The summed E-state index contributed by atoms with van der Waals surface area (Å²) in [6.45, 7) is 8.79. The Morgan fingerprint density at radius 3 is 1.75 bits per heavy atom. The van der Waals surface area contributed by atoms with Crippen LogP contribution >= 0.6 is 7.60 Å². The van der Waals surface area contributed by atoms with Gasteiger partial charge in [-0.2, -0.15) is 0 Å². The fourth-order valence-electron chi connectivity index (χ4n) is 3.66. The van der Waals surface area contributed by atoms with Crippen molar-refractivity contribution in [2.45, 2.75) is 124 Å². The normalized spacial score (nSPS) is 13.3. The van der Waals surface area contributed by atoms with Crippen molar-refractivity contribution in [3.8, 4) is 11.5 Å². The molecule has 0 radical (unpaired) electrons. The molecule has 0 fully saturated rings. The van der Waals surface area contributed by atoms with Gasteiger partial charge in [0.15, 0.2) is 11.5 Å². The molecule has 0 aliphatic rings. The second-order valence-electron chi connectivity index (χ2n) is 9.12. The molecule has 1 atom stereocenters. The van der Waals surface area contributed by atoms with E-state index in [9.17, 15) is 4.57 Å². The average molecular weight is 469 g/mol. The first-order valence-electron chi connectivity index (χ1n) is 13.2. The van der Waals surface area contributed by atoms with Crippen LogP contribution in [0.5, 0.6) is 11.5 Å². The summed E-state index contributed by atoms with van der Waals surface area (Å²) in [5.41, 5.74) is 0. The molecule has 5 heteroatoms. The summed E-state index contributed by atoms with van der Waals surface area (Å²) in [5, 5.41) is 0. The molecule has 0 amide bonds. The molecular weight excluding hydrogens is 419 g/mol. The maximum Gasteiger partial charge on any atom is 0.379 e. The highest BCUT2D eigenvalue weighted by Gasteiger charge is 2.27. The van der Waals surface area contributed by atoms with Crippen molar-refractivity contribution in [3.63, 3.8) is 0 Å². The van der Waals surface area contributed by atoms with E-state index < -0.39 is 7.60 Å². The molecule has 1 unspecified atom stereocenters. The first-order chi connectivity index (χ1) is 15.5. The van der Waals surface area contributed by atoms with Crippen LogP contribution in [-0.4, -0.2) is 18.9 Å². The molecule has 0 spiro atoms. The lowest BCUT2D eigenvalue weighted by molar-refractivity contribution is 0.225. The molecule has 0 heterocycles. The van der Waals surface area contributed by atoms with Crippen LogP contribution in [0, 0.1) is 0 Å². The van der Waals surface area contributed by atoms with E-state index >= 15 is 0 Å². The van der Waals surface area contributed by atoms with Crippen LogP contribution in [0.15, 0.2) is 24.3 Å². The van der Waals surface area contributed by atoms with Crippen molar-refractivity contribution in [1.29, 1.82) is 0 Å². The van der Waals surface area contributed by atoms with E-state index in [0.717, 1.165) is 25.7 Å². The van der Waals surface area contributed by atoms with E-state index in [1.165, 1.54) is 64.2 Å². The Hall–Kier alpha value is -0.990. The van der Waals surface area contributed by atoms with Crippen LogP contribution in [0.3, 0.4) is 0 Å². The number of hydrogen-bond donors (Lipinski definition) is 0. The summed E-state index contributed by atoms with van der Waals surface area (Å²) < 4.78 is 31.0. The lowest BCUT2D eigenvalue weighted by atomic mass is 10.1. The highest BCUT2D eigenvalue weighted by atomic mass is 31.2. The van der Waals surface area contributed by atoms with E-state index in [4.69, 9.17) is 13.8 Å². The monoisotopic (exact) mass is 468 g/mol. The maximum absolute atomic E-state index is 13.4. The van der Waals surface area contributed by atoms with E-state index in [1.807, 2.05) is 38.1 Å². The smallest absolute Gasteiger partial charge is 0.379 e. The van der Waals surface area contributed by atoms with Crippen molar-refractivity contribution in [3.05, 3.63) is 24.3 Å². The molecule has 4 nitrogen and oxygen atoms in total. The van der Waals surface area contributed by atoms with Crippen molar-refractivity contribution in [1.82, 2.24) is 0 Å². The first kappa shape index (κ1) is 29.0. The highest BCUT2D eigenvalue weighted by Crippen LogP contribution is 2.51. The van der Waals surface area contributed by atoms with Gasteiger partial charge in [-0.15, -0.1) is 0 Å². The quantitative estimate of drug-likeness (QED) is 0.133. The molecule has 0 aliphatic heterocycles. The molecule has 0 saturated heterocycles. The average Bonchev–Trinajstić information content (AvgIpc) is 2.77. The van der Waals surface area contributed by atoms with E-state index in [2.05, 4.69) is 13.8 Å². The molecule has 0 aliphatic carbocycles. The lowest BCUT2D eigenvalue weighted by Crippen LogP contribution is -2.08. The third-order valence-corrected chi connectivity index (χ3v) is 7.44. The van der Waals surface area contributed by atoms with Gasteiger partial charge in [0.05, 0.1) is 18.9 Å². The summed E-state index contributed by atoms with van der Waals surface area (Å²) in [5.74, 6) is 1.13. The van der Waals surface area contributed by atoms with Crippen LogP contribution in [0.4, 0.5) is 0 Å². The Kier molecular flexibility index (Phi) is 16.7. The Morgan fingerprint density at radius 1 is 0.719 bits per heavy atom. The van der Waals surface area contributed by atoms with E-state index in [0.29, 0.717) is 24.3 Å². The third kappa shape index (κ3) is 14.2. The van der Waals surface area contributed by atoms with Crippen LogP contribution in [0.1, 0.15) is 118 Å². The predicted molar refractivity (Wildman–Crippen MR) is 137 cm³/mol. The lowest BCUT2D eigenvalue weighted by Gasteiger charge is -2.21. The third-order valence-electron chi connectivity index (χ3n) is 5.52. The zero-order valence-electron chi connectivity index (χ0n) is 21.3. The predicted octanol–water partition coefficient (Wildman–Crippen LogP) is 9.56. The first-order valence-corrected chi connectivity index (χ1v) is 14.9. The van der Waals surface area contributed by atoms with Crippen molar-refractivity contribution >= 4 is 7.60 Å². The van der Waals surface area contributed by atoms with Crippen LogP contribution < -0.4 is 9.26 Å². The van der Waals surface area contributed by atoms with Gasteiger partial charge >= 0.3 is 7.60 Å². The largest absolute Gasteiger partial charge is 0.487 e. The van der Waals surface area contributed by atoms with Crippen molar-refractivity contribution in [2.75, 3.05) is 12.8 Å². The number of benzene rings is 1. The zero-order chi connectivity index (χ0) is 23.5. The molecule has 1 rings (SSSR count). The fraction of sp³-hybridized carbons (Fsp3) is 0.778. The van der Waals surface area contributed by atoms with Crippen LogP contribution in [-0.2, 0) is 9.09 Å². The standard InChI is InChI=1S/C27H49O4P/c1-5-7-9-10-11-12-13-14-15-16-17-20-23-29-32(28,24-8-6-2)31-27-22-19-18-21-26(27)30-25(3)4/h18-19,21-22,25H,5-17,20,23-24H2,1-4H3. The summed E-state index contributed by atoms with van der Waals surface area (Å²) in [6.07, 6.45) is 17.8.